The van der Waals surface area contributed by atoms with E-state index in [1.165, 1.54) is 47.9 Å². The summed E-state index contributed by atoms with van der Waals surface area (Å²) in [5.41, 5.74) is 7.79. The third kappa shape index (κ3) is 2.51. The number of pyridine rings is 1. The maximum absolute atomic E-state index is 4.64. The van der Waals surface area contributed by atoms with Crippen LogP contribution in [0.5, 0.6) is 0 Å². The van der Waals surface area contributed by atoms with Crippen molar-refractivity contribution in [2.24, 2.45) is 0 Å². The highest BCUT2D eigenvalue weighted by Gasteiger charge is 2.15. The molecule has 2 aromatic heterocycles. The lowest BCUT2D eigenvalue weighted by Gasteiger charge is -2.19. The molecule has 0 saturated carbocycles. The summed E-state index contributed by atoms with van der Waals surface area (Å²) >= 11 is 0. The first-order valence-corrected chi connectivity index (χ1v) is 9.32. The third-order valence-electron chi connectivity index (χ3n) is 5.37. The van der Waals surface area contributed by atoms with Crippen LogP contribution in [-0.2, 0) is 12.8 Å². The van der Waals surface area contributed by atoms with Gasteiger partial charge >= 0.3 is 0 Å². The first-order chi connectivity index (χ1) is 12.8. The monoisotopic (exact) mass is 339 g/mol. The highest BCUT2D eigenvalue weighted by atomic mass is 15.3. The van der Waals surface area contributed by atoms with E-state index in [4.69, 9.17) is 0 Å². The van der Waals surface area contributed by atoms with E-state index in [9.17, 15) is 0 Å². The average Bonchev–Trinajstić information content (AvgIpc) is 3.11. The van der Waals surface area contributed by atoms with E-state index in [1.807, 2.05) is 36.0 Å². The quantitative estimate of drug-likeness (QED) is 0.498. The van der Waals surface area contributed by atoms with E-state index in [1.54, 1.807) is 0 Å². The third-order valence-corrected chi connectivity index (χ3v) is 5.37. The largest absolute Gasteiger partial charge is 0.234 e. The van der Waals surface area contributed by atoms with Gasteiger partial charge in [-0.05, 0) is 73.1 Å². The van der Waals surface area contributed by atoms with Crippen LogP contribution in [0, 0.1) is 6.92 Å². The molecular weight excluding hydrogens is 318 g/mol. The van der Waals surface area contributed by atoms with Crippen LogP contribution >= 0.6 is 0 Å². The van der Waals surface area contributed by atoms with E-state index in [-0.39, 0.29) is 0 Å². The summed E-state index contributed by atoms with van der Waals surface area (Å²) in [5.74, 6) is 0.868. The van der Waals surface area contributed by atoms with Crippen LogP contribution in [0.1, 0.15) is 29.7 Å². The van der Waals surface area contributed by atoms with Gasteiger partial charge in [0.1, 0.15) is 0 Å². The average molecular weight is 339 g/mol. The predicted molar refractivity (Wildman–Crippen MR) is 106 cm³/mol. The molecule has 128 valence electrons. The number of aromatic nitrogens is 3. The number of aryl methyl sites for hydroxylation is 2. The summed E-state index contributed by atoms with van der Waals surface area (Å²) in [6.07, 6.45) is 6.90. The maximum atomic E-state index is 4.64. The number of fused-ring (bicyclic) bond motifs is 2. The normalized spacial score (nSPS) is 13.7. The zero-order chi connectivity index (χ0) is 17.5. The van der Waals surface area contributed by atoms with Gasteiger partial charge < -0.3 is 0 Å². The molecule has 0 saturated heterocycles. The lowest BCUT2D eigenvalue weighted by Crippen LogP contribution is -2.04. The van der Waals surface area contributed by atoms with Gasteiger partial charge in [0.25, 0.3) is 0 Å². The van der Waals surface area contributed by atoms with E-state index < -0.39 is 0 Å². The van der Waals surface area contributed by atoms with Crippen LogP contribution in [0.3, 0.4) is 0 Å². The Morgan fingerprint density at radius 1 is 0.923 bits per heavy atom. The zero-order valence-electron chi connectivity index (χ0n) is 14.9. The topological polar surface area (TPSA) is 30.7 Å². The highest BCUT2D eigenvalue weighted by Crippen LogP contribution is 2.33. The molecule has 5 rings (SSSR count). The zero-order valence-corrected chi connectivity index (χ0v) is 14.9. The fourth-order valence-corrected chi connectivity index (χ4v) is 4.07. The Morgan fingerprint density at radius 3 is 2.73 bits per heavy atom. The maximum Gasteiger partial charge on any atom is 0.154 e. The number of benzene rings is 2. The Kier molecular flexibility index (Phi) is 3.59. The summed E-state index contributed by atoms with van der Waals surface area (Å²) in [6, 6.07) is 19.5. The molecule has 3 heteroatoms. The van der Waals surface area contributed by atoms with Crippen molar-refractivity contribution in [3.05, 3.63) is 77.6 Å². The van der Waals surface area contributed by atoms with E-state index >= 15 is 0 Å². The molecule has 2 heterocycles. The molecule has 0 atom stereocenters. The van der Waals surface area contributed by atoms with Gasteiger partial charge in [-0.25, -0.2) is 9.67 Å². The van der Waals surface area contributed by atoms with E-state index in [0.29, 0.717) is 0 Å². The van der Waals surface area contributed by atoms with Crippen LogP contribution < -0.4 is 0 Å². The van der Waals surface area contributed by atoms with Crippen molar-refractivity contribution in [1.29, 1.82) is 0 Å². The van der Waals surface area contributed by atoms with Gasteiger partial charge in [0, 0.05) is 11.1 Å². The van der Waals surface area contributed by atoms with Crippen LogP contribution in [0.2, 0.25) is 0 Å². The summed E-state index contributed by atoms with van der Waals surface area (Å²) < 4.78 is 1.95. The summed E-state index contributed by atoms with van der Waals surface area (Å²) in [6.45, 7) is 2.01. The molecule has 0 aliphatic heterocycles. The standard InChI is InChI=1S/C23H21N3/c1-16-6-4-11-23(25-16)26-22-14-18(12-13-19(22)15-24-26)21-10-5-8-17-7-2-3-9-20(17)21/h4-6,8,10-15H,2-3,7,9H2,1H3. The Morgan fingerprint density at radius 2 is 1.81 bits per heavy atom. The molecule has 1 aliphatic rings. The van der Waals surface area contributed by atoms with Gasteiger partial charge in [-0.3, -0.25) is 0 Å². The van der Waals surface area contributed by atoms with Gasteiger partial charge in [0.2, 0.25) is 0 Å². The first-order valence-electron chi connectivity index (χ1n) is 9.32. The van der Waals surface area contributed by atoms with Gasteiger partial charge in [-0.2, -0.15) is 5.10 Å². The smallest absolute Gasteiger partial charge is 0.154 e. The molecule has 0 bridgehead atoms. The lowest BCUT2D eigenvalue weighted by atomic mass is 9.86. The number of hydrogen-bond acceptors (Lipinski definition) is 2. The van der Waals surface area contributed by atoms with Crippen molar-refractivity contribution in [3.63, 3.8) is 0 Å². The van der Waals surface area contributed by atoms with E-state index in [2.05, 4.69) is 46.5 Å². The molecule has 26 heavy (non-hydrogen) atoms. The molecule has 0 fully saturated rings. The molecule has 1 aliphatic carbocycles. The molecular formula is C23H21N3. The minimum absolute atomic E-state index is 0.868. The Bertz CT molecular complexity index is 1110. The number of nitrogens with zero attached hydrogens (tertiary/aromatic N) is 3. The van der Waals surface area contributed by atoms with Gasteiger partial charge in [0.15, 0.2) is 5.82 Å². The van der Waals surface area contributed by atoms with Crippen molar-refractivity contribution < 1.29 is 0 Å². The Hall–Kier alpha value is -2.94. The lowest BCUT2D eigenvalue weighted by molar-refractivity contribution is 0.687. The molecule has 2 aromatic carbocycles. The van der Waals surface area contributed by atoms with Crippen molar-refractivity contribution in [2.75, 3.05) is 0 Å². The molecule has 0 N–H and O–H groups in total. The van der Waals surface area contributed by atoms with Crippen molar-refractivity contribution in [1.82, 2.24) is 14.8 Å². The predicted octanol–water partition coefficient (Wildman–Crippen LogP) is 5.27. The highest BCUT2D eigenvalue weighted by molar-refractivity contribution is 5.86. The minimum atomic E-state index is 0.868. The molecule has 0 spiro atoms. The first kappa shape index (κ1) is 15.3. The van der Waals surface area contributed by atoms with E-state index in [0.717, 1.165) is 22.4 Å². The minimum Gasteiger partial charge on any atom is -0.234 e. The second-order valence-corrected chi connectivity index (χ2v) is 7.12. The summed E-state index contributed by atoms with van der Waals surface area (Å²) in [4.78, 5) is 4.64. The number of rotatable bonds is 2. The molecule has 4 aromatic rings. The second kappa shape index (κ2) is 6.10. The van der Waals surface area contributed by atoms with Crippen LogP contribution in [0.25, 0.3) is 27.8 Å². The van der Waals surface area contributed by atoms with Crippen LogP contribution in [0.4, 0.5) is 0 Å². The van der Waals surface area contributed by atoms with Gasteiger partial charge in [0.05, 0.1) is 11.7 Å². The van der Waals surface area contributed by atoms with Crippen molar-refractivity contribution >= 4 is 10.9 Å². The fourth-order valence-electron chi connectivity index (χ4n) is 4.07. The molecule has 0 unspecified atom stereocenters. The molecule has 0 amide bonds. The van der Waals surface area contributed by atoms with Gasteiger partial charge in [-0.1, -0.05) is 36.4 Å². The Balaban J connectivity index is 1.68. The SMILES string of the molecule is Cc1cccc(-n2ncc3ccc(-c4cccc5c4CCCC5)cc32)n1. The molecule has 0 radical (unpaired) electrons. The fraction of sp³-hybridized carbons (Fsp3) is 0.217. The molecule has 3 nitrogen and oxygen atoms in total. The van der Waals surface area contributed by atoms with Crippen molar-refractivity contribution in [2.45, 2.75) is 32.6 Å². The van der Waals surface area contributed by atoms with Crippen molar-refractivity contribution in [3.8, 4) is 16.9 Å². The van der Waals surface area contributed by atoms with Crippen LogP contribution in [0.15, 0.2) is 60.8 Å². The van der Waals surface area contributed by atoms with Gasteiger partial charge in [-0.15, -0.1) is 0 Å². The number of hydrogen-bond donors (Lipinski definition) is 0. The summed E-state index contributed by atoms with van der Waals surface area (Å²) in [7, 11) is 0. The summed E-state index contributed by atoms with van der Waals surface area (Å²) in [5, 5.41) is 5.72. The second-order valence-electron chi connectivity index (χ2n) is 7.12. The van der Waals surface area contributed by atoms with Crippen LogP contribution in [-0.4, -0.2) is 14.8 Å². The Labute approximate surface area is 153 Å².